The van der Waals surface area contributed by atoms with Gasteiger partial charge in [-0.1, -0.05) is 26.1 Å². The zero-order valence-electron chi connectivity index (χ0n) is 9.49. The van der Waals surface area contributed by atoms with Gasteiger partial charge in [0.05, 0.1) is 4.99 Å². The minimum Gasteiger partial charge on any atom is -0.393 e. The number of hydrogen-bond acceptors (Lipinski definition) is 2. The Labute approximate surface area is 92.8 Å². The average Bonchev–Trinajstić information content (AvgIpc) is 2.09. The highest BCUT2D eigenvalue weighted by Crippen LogP contribution is 2.22. The first-order chi connectivity index (χ1) is 6.50. The Bertz CT molecular complexity index is 205. The van der Waals surface area contributed by atoms with E-state index in [0.29, 0.717) is 16.9 Å². The summed E-state index contributed by atoms with van der Waals surface area (Å²) < 4.78 is 0. The lowest BCUT2D eigenvalue weighted by atomic mass is 9.92. The maximum Gasteiger partial charge on any atom is 0.0768 e. The SMILES string of the molecule is CC1CCN(CC(C)C(N)=S)C(C)C1. The molecular formula is C11H22N2S. The number of rotatable bonds is 3. The average molecular weight is 214 g/mol. The van der Waals surface area contributed by atoms with E-state index in [0.717, 1.165) is 12.5 Å². The van der Waals surface area contributed by atoms with E-state index in [1.807, 2.05) is 0 Å². The molecule has 1 rings (SSSR count). The Balaban J connectivity index is 2.41. The highest BCUT2D eigenvalue weighted by molar-refractivity contribution is 7.80. The summed E-state index contributed by atoms with van der Waals surface area (Å²) in [4.78, 5) is 3.17. The Morgan fingerprint density at radius 1 is 1.57 bits per heavy atom. The lowest BCUT2D eigenvalue weighted by Gasteiger charge is -2.37. The minimum absolute atomic E-state index is 0.348. The third-order valence-electron chi connectivity index (χ3n) is 3.27. The van der Waals surface area contributed by atoms with Crippen molar-refractivity contribution in [3.05, 3.63) is 0 Å². The molecule has 0 amide bonds. The van der Waals surface area contributed by atoms with Gasteiger partial charge < -0.3 is 5.73 Å². The van der Waals surface area contributed by atoms with Crippen molar-refractivity contribution < 1.29 is 0 Å². The number of likely N-dealkylation sites (tertiary alicyclic amines) is 1. The maximum atomic E-state index is 5.63. The van der Waals surface area contributed by atoms with E-state index < -0.39 is 0 Å². The van der Waals surface area contributed by atoms with Crippen LogP contribution < -0.4 is 5.73 Å². The smallest absolute Gasteiger partial charge is 0.0768 e. The number of hydrogen-bond donors (Lipinski definition) is 1. The van der Waals surface area contributed by atoms with Crippen LogP contribution in [0.25, 0.3) is 0 Å². The molecule has 0 saturated carbocycles. The standard InChI is InChI=1S/C11H22N2S/c1-8-4-5-13(10(3)6-8)7-9(2)11(12)14/h8-10H,4-7H2,1-3H3,(H2,12,14). The van der Waals surface area contributed by atoms with Crippen LogP contribution in [-0.2, 0) is 0 Å². The molecule has 1 heterocycles. The number of thiocarbonyl (C=S) groups is 1. The van der Waals surface area contributed by atoms with E-state index in [9.17, 15) is 0 Å². The molecule has 0 radical (unpaired) electrons. The first kappa shape index (κ1) is 11.9. The van der Waals surface area contributed by atoms with E-state index >= 15 is 0 Å². The molecule has 14 heavy (non-hydrogen) atoms. The lowest BCUT2D eigenvalue weighted by molar-refractivity contribution is 0.122. The molecule has 2 N–H and O–H groups in total. The molecule has 0 aliphatic carbocycles. The summed E-state index contributed by atoms with van der Waals surface area (Å²) in [6.45, 7) is 9.00. The van der Waals surface area contributed by atoms with Gasteiger partial charge in [0.25, 0.3) is 0 Å². The minimum atomic E-state index is 0.348. The fourth-order valence-corrected chi connectivity index (χ4v) is 2.24. The largest absolute Gasteiger partial charge is 0.393 e. The van der Waals surface area contributed by atoms with E-state index in [1.165, 1.54) is 19.4 Å². The quantitative estimate of drug-likeness (QED) is 0.729. The predicted octanol–water partition coefficient (Wildman–Crippen LogP) is 2.03. The van der Waals surface area contributed by atoms with Crippen molar-refractivity contribution in [2.45, 2.75) is 39.7 Å². The molecule has 0 aromatic rings. The van der Waals surface area contributed by atoms with Gasteiger partial charge in [0.15, 0.2) is 0 Å². The monoisotopic (exact) mass is 214 g/mol. The molecule has 3 atom stereocenters. The Hall–Kier alpha value is -0.150. The van der Waals surface area contributed by atoms with E-state index in [4.69, 9.17) is 18.0 Å². The van der Waals surface area contributed by atoms with E-state index in [1.54, 1.807) is 0 Å². The summed E-state index contributed by atoms with van der Waals surface area (Å²) in [6.07, 6.45) is 2.62. The van der Waals surface area contributed by atoms with Gasteiger partial charge in [0.1, 0.15) is 0 Å². The lowest BCUT2D eigenvalue weighted by Crippen LogP contribution is -2.44. The van der Waals surface area contributed by atoms with Gasteiger partial charge in [0.2, 0.25) is 0 Å². The van der Waals surface area contributed by atoms with Crippen molar-refractivity contribution >= 4 is 17.2 Å². The predicted molar refractivity (Wildman–Crippen MR) is 65.4 cm³/mol. The Morgan fingerprint density at radius 2 is 2.21 bits per heavy atom. The Kier molecular flexibility index (Phi) is 4.32. The highest BCUT2D eigenvalue weighted by atomic mass is 32.1. The van der Waals surface area contributed by atoms with Crippen molar-refractivity contribution in [2.24, 2.45) is 17.6 Å². The van der Waals surface area contributed by atoms with Gasteiger partial charge in [-0.2, -0.15) is 0 Å². The van der Waals surface area contributed by atoms with Crippen LogP contribution in [-0.4, -0.2) is 29.0 Å². The molecule has 3 heteroatoms. The van der Waals surface area contributed by atoms with E-state index in [-0.39, 0.29) is 0 Å². The molecule has 1 aliphatic rings. The number of nitrogens with two attached hydrogens (primary N) is 1. The van der Waals surface area contributed by atoms with Gasteiger partial charge in [-0.3, -0.25) is 4.90 Å². The molecule has 1 fully saturated rings. The van der Waals surface area contributed by atoms with Crippen LogP contribution in [0.5, 0.6) is 0 Å². The van der Waals surface area contributed by atoms with Gasteiger partial charge >= 0.3 is 0 Å². The van der Waals surface area contributed by atoms with Crippen LogP contribution in [0.3, 0.4) is 0 Å². The number of piperidine rings is 1. The van der Waals surface area contributed by atoms with Crippen molar-refractivity contribution in [1.29, 1.82) is 0 Å². The van der Waals surface area contributed by atoms with Crippen LogP contribution in [0.4, 0.5) is 0 Å². The van der Waals surface area contributed by atoms with Gasteiger partial charge in [-0.15, -0.1) is 0 Å². The summed E-state index contributed by atoms with van der Waals surface area (Å²) in [5.74, 6) is 1.22. The van der Waals surface area contributed by atoms with Crippen molar-refractivity contribution in [1.82, 2.24) is 4.90 Å². The Morgan fingerprint density at radius 3 is 2.71 bits per heavy atom. The molecule has 3 unspecified atom stereocenters. The normalized spacial score (nSPS) is 31.4. The molecule has 82 valence electrons. The zero-order valence-corrected chi connectivity index (χ0v) is 10.3. The molecule has 2 nitrogen and oxygen atoms in total. The van der Waals surface area contributed by atoms with Crippen LogP contribution in [0, 0.1) is 11.8 Å². The van der Waals surface area contributed by atoms with Gasteiger partial charge in [0, 0.05) is 18.5 Å². The third kappa shape index (κ3) is 3.21. The topological polar surface area (TPSA) is 29.3 Å². The first-order valence-corrected chi connectivity index (χ1v) is 5.95. The molecule has 0 spiro atoms. The third-order valence-corrected chi connectivity index (χ3v) is 3.67. The summed E-state index contributed by atoms with van der Waals surface area (Å²) in [6, 6.07) is 0.690. The molecule has 0 bridgehead atoms. The van der Waals surface area contributed by atoms with E-state index in [2.05, 4.69) is 25.7 Å². The summed E-state index contributed by atoms with van der Waals surface area (Å²) in [7, 11) is 0. The second-order valence-corrected chi connectivity index (χ2v) is 5.25. The van der Waals surface area contributed by atoms with Crippen molar-refractivity contribution in [2.75, 3.05) is 13.1 Å². The zero-order chi connectivity index (χ0) is 10.7. The highest BCUT2D eigenvalue weighted by Gasteiger charge is 2.24. The maximum absolute atomic E-state index is 5.63. The fraction of sp³-hybridized carbons (Fsp3) is 0.909. The molecule has 0 aromatic heterocycles. The first-order valence-electron chi connectivity index (χ1n) is 5.54. The summed E-state index contributed by atoms with van der Waals surface area (Å²) in [5.41, 5.74) is 5.63. The van der Waals surface area contributed by atoms with Crippen LogP contribution in [0.2, 0.25) is 0 Å². The second kappa shape index (κ2) is 5.08. The number of nitrogens with zero attached hydrogens (tertiary/aromatic N) is 1. The van der Waals surface area contributed by atoms with Gasteiger partial charge in [-0.05, 0) is 32.2 Å². The van der Waals surface area contributed by atoms with Gasteiger partial charge in [-0.25, -0.2) is 0 Å². The molecule has 0 aromatic carbocycles. The fourth-order valence-electron chi connectivity index (χ4n) is 2.17. The summed E-state index contributed by atoms with van der Waals surface area (Å²) in [5, 5.41) is 0. The van der Waals surface area contributed by atoms with Crippen LogP contribution >= 0.6 is 12.2 Å². The molecule has 1 saturated heterocycles. The van der Waals surface area contributed by atoms with Crippen LogP contribution in [0.1, 0.15) is 33.6 Å². The molecular weight excluding hydrogens is 192 g/mol. The summed E-state index contributed by atoms with van der Waals surface area (Å²) >= 11 is 5.00. The van der Waals surface area contributed by atoms with Crippen LogP contribution in [0.15, 0.2) is 0 Å². The second-order valence-electron chi connectivity index (χ2n) is 4.78. The van der Waals surface area contributed by atoms with Crippen molar-refractivity contribution in [3.63, 3.8) is 0 Å². The molecule has 1 aliphatic heterocycles. The van der Waals surface area contributed by atoms with Crippen molar-refractivity contribution in [3.8, 4) is 0 Å².